The van der Waals surface area contributed by atoms with Gasteiger partial charge in [-0.3, -0.25) is 4.79 Å². The number of hydrogen-bond acceptors (Lipinski definition) is 9. The third-order valence-corrected chi connectivity index (χ3v) is 11.1. The summed E-state index contributed by atoms with van der Waals surface area (Å²) in [5.74, 6) is -1.27. The predicted molar refractivity (Wildman–Crippen MR) is 170 cm³/mol. The lowest BCUT2D eigenvalue weighted by atomic mass is 10.0. The number of pyridine rings is 1. The number of nitrogens with zero attached hydrogens (tertiary/aromatic N) is 2. The molecule has 2 aromatic carbocycles. The predicted octanol–water partition coefficient (Wildman–Crippen LogP) is 5.61. The highest BCUT2D eigenvalue weighted by molar-refractivity contribution is 8.00. The number of alkyl halides is 2. The Balaban J connectivity index is 1.38. The number of benzene rings is 2. The van der Waals surface area contributed by atoms with E-state index in [2.05, 4.69) is 4.74 Å². The van der Waals surface area contributed by atoms with E-state index >= 15 is 0 Å². The van der Waals surface area contributed by atoms with Crippen molar-refractivity contribution < 1.29 is 45.7 Å². The van der Waals surface area contributed by atoms with Crippen LogP contribution in [0.4, 0.5) is 8.78 Å². The molecule has 47 heavy (non-hydrogen) atoms. The number of carbonyl (C=O) groups is 2. The number of halogens is 4. The van der Waals surface area contributed by atoms with E-state index < -0.39 is 45.6 Å². The molecule has 1 saturated carbocycles. The Labute approximate surface area is 284 Å². The first-order valence-corrected chi connectivity index (χ1v) is 18.0. The number of sulfone groups is 1. The second-order valence-electron chi connectivity index (χ2n) is 11.0. The van der Waals surface area contributed by atoms with E-state index in [4.69, 9.17) is 32.7 Å². The van der Waals surface area contributed by atoms with Gasteiger partial charge in [0.2, 0.25) is 5.91 Å². The van der Waals surface area contributed by atoms with Crippen LogP contribution >= 0.6 is 35.0 Å². The first-order valence-electron chi connectivity index (χ1n) is 14.6. The summed E-state index contributed by atoms with van der Waals surface area (Å²) in [5.41, 5.74) is 0.608. The normalized spacial score (nSPS) is 17.0. The van der Waals surface area contributed by atoms with Crippen LogP contribution in [0.5, 0.6) is 11.5 Å². The molecule has 1 aliphatic carbocycles. The lowest BCUT2D eigenvalue weighted by Crippen LogP contribution is -2.41. The summed E-state index contributed by atoms with van der Waals surface area (Å²) in [7, 11) is -3.73. The Morgan fingerprint density at radius 3 is 2.43 bits per heavy atom. The van der Waals surface area contributed by atoms with Crippen LogP contribution in [0.15, 0.2) is 65.8 Å². The summed E-state index contributed by atoms with van der Waals surface area (Å²) in [6, 6.07) is 11.9. The van der Waals surface area contributed by atoms with Gasteiger partial charge < -0.3 is 24.3 Å². The molecule has 0 unspecified atom stereocenters. The minimum Gasteiger partial charge on any atom is -0.619 e. The van der Waals surface area contributed by atoms with Gasteiger partial charge in [-0.05, 0) is 48.6 Å². The molecule has 16 heteroatoms. The molecular formula is C31H30Cl2F2N2O8S2. The highest BCUT2D eigenvalue weighted by atomic mass is 35.5. The fourth-order valence-electron chi connectivity index (χ4n) is 4.89. The second kappa shape index (κ2) is 15.3. The maximum atomic E-state index is 13.7. The molecule has 2 heterocycles. The van der Waals surface area contributed by atoms with Crippen molar-refractivity contribution in [3.8, 4) is 11.5 Å². The van der Waals surface area contributed by atoms with Crippen molar-refractivity contribution in [2.45, 2.75) is 48.7 Å². The topological polar surface area (TPSA) is 126 Å². The Morgan fingerprint density at radius 2 is 1.77 bits per heavy atom. The van der Waals surface area contributed by atoms with Gasteiger partial charge in [0.15, 0.2) is 39.1 Å². The van der Waals surface area contributed by atoms with Gasteiger partial charge in [0.25, 0.3) is 0 Å². The van der Waals surface area contributed by atoms with Crippen molar-refractivity contribution in [3.05, 3.63) is 87.3 Å². The zero-order valence-electron chi connectivity index (χ0n) is 24.7. The quantitative estimate of drug-likeness (QED) is 0.118. The molecule has 2 atom stereocenters. The molecule has 252 valence electrons. The summed E-state index contributed by atoms with van der Waals surface area (Å²) in [6.45, 7) is -2.63. The van der Waals surface area contributed by atoms with E-state index in [0.29, 0.717) is 16.0 Å². The molecule has 0 spiro atoms. The number of ether oxygens (including phenoxy) is 3. The average Bonchev–Trinajstić information content (AvgIpc) is 3.73. The van der Waals surface area contributed by atoms with Gasteiger partial charge in [-0.15, -0.1) is 11.8 Å². The van der Waals surface area contributed by atoms with Gasteiger partial charge in [-0.2, -0.15) is 13.5 Å². The first kappa shape index (κ1) is 35.0. The largest absolute Gasteiger partial charge is 0.619 e. The molecule has 2 fully saturated rings. The zero-order chi connectivity index (χ0) is 33.7. The van der Waals surface area contributed by atoms with Crippen LogP contribution in [0.25, 0.3) is 0 Å². The maximum absolute atomic E-state index is 13.7. The van der Waals surface area contributed by atoms with Crippen LogP contribution in [-0.4, -0.2) is 61.8 Å². The van der Waals surface area contributed by atoms with Gasteiger partial charge in [0.1, 0.15) is 16.1 Å². The molecule has 1 aromatic heterocycles. The average molecular weight is 732 g/mol. The van der Waals surface area contributed by atoms with Gasteiger partial charge in [-0.25, -0.2) is 13.2 Å². The van der Waals surface area contributed by atoms with Crippen LogP contribution in [0.2, 0.25) is 10.0 Å². The highest BCUT2D eigenvalue weighted by Gasteiger charge is 2.38. The van der Waals surface area contributed by atoms with E-state index in [1.807, 2.05) is 0 Å². The standard InChI is InChI=1S/C31H30Cl2F2N2O8S2/c32-23-16-36(40)17-24(33)22(23)15-26(20-8-9-25(45-31(34)35)27(14-20)43-18-19-6-7-19)44-30(39)29-37(11-12-46-29)28(38)10-13-47(41,42)21-4-2-1-3-5-21/h1-5,8-9,14,16-17,19,26,29,31H,6-7,10-13,15,18H2/t26-,29-/m0/s1. The number of esters is 1. The fraction of sp³-hybridized carbons (Fsp3) is 0.387. The molecule has 0 bridgehead atoms. The van der Waals surface area contributed by atoms with Gasteiger partial charge in [0.05, 0.1) is 17.3 Å². The summed E-state index contributed by atoms with van der Waals surface area (Å²) in [5, 5.41) is 10.8. The number of amides is 1. The van der Waals surface area contributed by atoms with Gasteiger partial charge >= 0.3 is 12.6 Å². The van der Waals surface area contributed by atoms with Crippen LogP contribution in [-0.2, 0) is 30.6 Å². The van der Waals surface area contributed by atoms with Crippen LogP contribution < -0.4 is 14.2 Å². The summed E-state index contributed by atoms with van der Waals surface area (Å²) < 4.78 is 68.6. The Morgan fingerprint density at radius 1 is 1.06 bits per heavy atom. The number of thioether (sulfide) groups is 1. The van der Waals surface area contributed by atoms with E-state index in [1.54, 1.807) is 18.2 Å². The maximum Gasteiger partial charge on any atom is 0.387 e. The summed E-state index contributed by atoms with van der Waals surface area (Å²) in [6.07, 6.45) is 2.47. The number of rotatable bonds is 14. The summed E-state index contributed by atoms with van der Waals surface area (Å²) in [4.78, 5) is 28.2. The smallest absolute Gasteiger partial charge is 0.387 e. The minimum absolute atomic E-state index is 0.00285. The monoisotopic (exact) mass is 730 g/mol. The van der Waals surface area contributed by atoms with Gasteiger partial charge in [-0.1, -0.05) is 47.5 Å². The molecule has 1 saturated heterocycles. The Hall–Kier alpha value is -3.33. The van der Waals surface area contributed by atoms with E-state index in [-0.39, 0.29) is 63.9 Å². The molecule has 0 radical (unpaired) electrons. The van der Waals surface area contributed by atoms with Gasteiger partial charge in [0, 0.05) is 30.7 Å². The third kappa shape index (κ3) is 9.18. The molecule has 2 aliphatic rings. The van der Waals surface area contributed by atoms with Crippen molar-refractivity contribution in [1.29, 1.82) is 0 Å². The van der Waals surface area contributed by atoms with Crippen molar-refractivity contribution in [2.75, 3.05) is 24.7 Å². The molecule has 0 N–H and O–H groups in total. The molecular weight excluding hydrogens is 701 g/mol. The van der Waals surface area contributed by atoms with E-state index in [9.17, 15) is 32.0 Å². The fourth-order valence-corrected chi connectivity index (χ4v) is 7.86. The van der Waals surface area contributed by atoms with E-state index in [1.165, 1.54) is 35.2 Å². The van der Waals surface area contributed by atoms with Crippen molar-refractivity contribution in [2.24, 2.45) is 5.92 Å². The lowest BCUT2D eigenvalue weighted by molar-refractivity contribution is -0.605. The van der Waals surface area contributed by atoms with Crippen LogP contribution in [0, 0.1) is 11.1 Å². The molecule has 1 aliphatic heterocycles. The SMILES string of the molecule is O=C(O[C@@H](Cc1c(Cl)c[n+]([O-])cc1Cl)c1ccc(OC(F)F)c(OCC2CC2)c1)[C@@H]1SCCN1C(=O)CCS(=O)(=O)c1ccccc1. The zero-order valence-corrected chi connectivity index (χ0v) is 27.9. The third-order valence-electron chi connectivity index (χ3n) is 7.53. The van der Waals surface area contributed by atoms with Crippen molar-refractivity contribution in [1.82, 2.24) is 4.90 Å². The molecule has 10 nitrogen and oxygen atoms in total. The Kier molecular flexibility index (Phi) is 11.4. The first-order chi connectivity index (χ1) is 22.4. The number of carbonyl (C=O) groups excluding carboxylic acids is 2. The molecule has 1 amide bonds. The number of aromatic nitrogens is 1. The Bertz CT molecular complexity index is 1690. The van der Waals surface area contributed by atoms with E-state index in [0.717, 1.165) is 37.0 Å². The molecule has 3 aromatic rings. The number of hydrogen-bond donors (Lipinski definition) is 0. The lowest BCUT2D eigenvalue weighted by Gasteiger charge is -2.26. The summed E-state index contributed by atoms with van der Waals surface area (Å²) >= 11 is 13.8. The van der Waals surface area contributed by atoms with Crippen molar-refractivity contribution in [3.63, 3.8) is 0 Å². The van der Waals surface area contributed by atoms with Crippen molar-refractivity contribution >= 4 is 56.7 Å². The molecule has 5 rings (SSSR count). The van der Waals surface area contributed by atoms with Crippen LogP contribution in [0.1, 0.15) is 36.5 Å². The second-order valence-corrected chi connectivity index (χ2v) is 15.1. The highest BCUT2D eigenvalue weighted by Crippen LogP contribution is 2.38. The minimum atomic E-state index is -3.73. The van der Waals surface area contributed by atoms with Crippen LogP contribution in [0.3, 0.4) is 0 Å².